The topological polar surface area (TPSA) is 35.9 Å². The quantitative estimate of drug-likeness (QED) is 0.552. The van der Waals surface area contributed by atoms with Gasteiger partial charge in [-0.15, -0.1) is 0 Å². The lowest BCUT2D eigenvalue weighted by Crippen LogP contribution is -2.60. The minimum atomic E-state index is 0.0758. The highest BCUT2D eigenvalue weighted by molar-refractivity contribution is 5.35. The maximum absolute atomic E-state index is 10.1. The van der Waals surface area contributed by atoms with E-state index in [1.165, 1.54) is 11.1 Å². The van der Waals surface area contributed by atoms with Crippen LogP contribution in [0.1, 0.15) is 31.4 Å². The van der Waals surface area contributed by atoms with Gasteiger partial charge >= 0.3 is 0 Å². The number of nitrogens with zero attached hydrogens (tertiary/aromatic N) is 2. The van der Waals surface area contributed by atoms with Crippen molar-refractivity contribution in [3.05, 3.63) is 90.0 Å². The first-order chi connectivity index (χ1) is 16.0. The molecule has 3 atom stereocenters. The Morgan fingerprint density at radius 1 is 0.909 bits per heavy atom. The van der Waals surface area contributed by atoms with Crippen LogP contribution < -0.4 is 4.74 Å². The predicted molar refractivity (Wildman–Crippen MR) is 133 cm³/mol. The summed E-state index contributed by atoms with van der Waals surface area (Å²) in [6, 6.07) is 26.9. The van der Waals surface area contributed by atoms with Crippen molar-refractivity contribution in [1.29, 1.82) is 0 Å². The molecule has 4 nitrogen and oxygen atoms in total. The molecule has 2 aliphatic rings. The van der Waals surface area contributed by atoms with Crippen LogP contribution in [0.3, 0.4) is 0 Å². The van der Waals surface area contributed by atoms with Gasteiger partial charge in [-0.1, -0.05) is 56.3 Å². The number of piperidine rings is 1. The second-order valence-electron chi connectivity index (χ2n) is 10.0. The van der Waals surface area contributed by atoms with E-state index in [2.05, 4.69) is 47.9 Å². The number of piperazine rings is 1. The van der Waals surface area contributed by atoms with Crippen LogP contribution in [0.4, 0.5) is 0 Å². The van der Waals surface area contributed by atoms with Gasteiger partial charge in [0.25, 0.3) is 0 Å². The molecule has 0 bridgehead atoms. The van der Waals surface area contributed by atoms with Crippen molar-refractivity contribution in [2.75, 3.05) is 26.2 Å². The molecule has 2 aliphatic heterocycles. The first-order valence-electron chi connectivity index (χ1n) is 12.1. The Morgan fingerprint density at radius 3 is 2.52 bits per heavy atom. The Labute approximate surface area is 197 Å². The third-order valence-electron chi connectivity index (χ3n) is 7.73. The highest BCUT2D eigenvalue weighted by Crippen LogP contribution is 2.43. The molecular weight excluding hydrogens is 408 g/mol. The Balaban J connectivity index is 1.27. The molecule has 2 saturated heterocycles. The fourth-order valence-corrected chi connectivity index (χ4v) is 5.63. The van der Waals surface area contributed by atoms with Crippen molar-refractivity contribution >= 4 is 0 Å². The number of rotatable bonds is 5. The Bertz CT molecular complexity index is 1090. The van der Waals surface area contributed by atoms with Crippen LogP contribution in [0.2, 0.25) is 0 Å². The van der Waals surface area contributed by atoms with Crippen LogP contribution in [0.25, 0.3) is 0 Å². The molecule has 5 rings (SSSR count). The fourth-order valence-electron chi connectivity index (χ4n) is 5.63. The van der Waals surface area contributed by atoms with E-state index in [1.807, 2.05) is 48.5 Å². The smallest absolute Gasteiger partial charge is 0.127 e. The standard InChI is InChI=1S/C29H34N2O2/c1-22-19-31-15-14-30(21-25(31)18-29(22,2)24-9-7-10-26(32)17-24)20-23-8-6-13-28(16-23)33-27-11-4-3-5-12-27/h3-13,16-17,22,25,32H,14-15,18-21H2,1-2H3/t22-,25+,29+/m0/s1. The summed E-state index contributed by atoms with van der Waals surface area (Å²) in [6.07, 6.45) is 1.12. The second kappa shape index (κ2) is 9.20. The average molecular weight is 443 g/mol. The molecule has 172 valence electrons. The van der Waals surface area contributed by atoms with Gasteiger partial charge in [-0.25, -0.2) is 0 Å². The summed E-state index contributed by atoms with van der Waals surface area (Å²) in [7, 11) is 0. The summed E-state index contributed by atoms with van der Waals surface area (Å²) in [6.45, 7) is 10.1. The van der Waals surface area contributed by atoms with Crippen LogP contribution in [-0.2, 0) is 12.0 Å². The summed E-state index contributed by atoms with van der Waals surface area (Å²) in [4.78, 5) is 5.27. The van der Waals surface area contributed by atoms with Gasteiger partial charge in [0, 0.05) is 38.8 Å². The molecule has 2 heterocycles. The van der Waals surface area contributed by atoms with Crippen molar-refractivity contribution in [3.63, 3.8) is 0 Å². The van der Waals surface area contributed by atoms with Gasteiger partial charge in [0.15, 0.2) is 0 Å². The number of hydrogen-bond donors (Lipinski definition) is 1. The third kappa shape index (κ3) is 4.78. The van der Waals surface area contributed by atoms with E-state index in [0.717, 1.165) is 50.6 Å². The van der Waals surface area contributed by atoms with Crippen LogP contribution in [-0.4, -0.2) is 47.1 Å². The maximum atomic E-state index is 10.1. The van der Waals surface area contributed by atoms with Crippen molar-refractivity contribution in [3.8, 4) is 17.2 Å². The van der Waals surface area contributed by atoms with Crippen LogP contribution >= 0.6 is 0 Å². The number of phenols is 1. The van der Waals surface area contributed by atoms with E-state index in [9.17, 15) is 5.11 Å². The van der Waals surface area contributed by atoms with Crippen LogP contribution in [0.15, 0.2) is 78.9 Å². The number of aromatic hydroxyl groups is 1. The molecule has 3 aromatic rings. The Morgan fingerprint density at radius 2 is 1.70 bits per heavy atom. The van der Waals surface area contributed by atoms with Gasteiger partial charge in [-0.2, -0.15) is 0 Å². The van der Waals surface area contributed by atoms with E-state index in [1.54, 1.807) is 6.07 Å². The summed E-state index contributed by atoms with van der Waals surface area (Å²) in [5.74, 6) is 2.67. The van der Waals surface area contributed by atoms with Crippen molar-refractivity contribution in [2.24, 2.45) is 5.92 Å². The molecule has 0 aliphatic carbocycles. The second-order valence-corrected chi connectivity index (χ2v) is 10.0. The lowest BCUT2D eigenvalue weighted by atomic mass is 9.65. The number of benzene rings is 3. The van der Waals surface area contributed by atoms with Gasteiger partial charge in [-0.3, -0.25) is 9.80 Å². The zero-order chi connectivity index (χ0) is 22.8. The maximum Gasteiger partial charge on any atom is 0.127 e. The lowest BCUT2D eigenvalue weighted by Gasteiger charge is -2.53. The summed E-state index contributed by atoms with van der Waals surface area (Å²) in [5.41, 5.74) is 2.63. The highest BCUT2D eigenvalue weighted by atomic mass is 16.5. The van der Waals surface area contributed by atoms with Crippen molar-refractivity contribution < 1.29 is 9.84 Å². The molecule has 0 unspecified atom stereocenters. The largest absolute Gasteiger partial charge is 0.508 e. The number of ether oxygens (including phenoxy) is 1. The fraction of sp³-hybridized carbons (Fsp3) is 0.379. The minimum Gasteiger partial charge on any atom is -0.508 e. The van der Waals surface area contributed by atoms with E-state index >= 15 is 0 Å². The highest BCUT2D eigenvalue weighted by Gasteiger charge is 2.44. The molecule has 0 aromatic heterocycles. The molecule has 3 aromatic carbocycles. The summed E-state index contributed by atoms with van der Waals surface area (Å²) in [5, 5.41) is 10.1. The lowest BCUT2D eigenvalue weighted by molar-refractivity contribution is -0.00558. The third-order valence-corrected chi connectivity index (χ3v) is 7.73. The number of phenolic OH excluding ortho intramolecular Hbond substituents is 1. The first-order valence-corrected chi connectivity index (χ1v) is 12.1. The summed E-state index contributed by atoms with van der Waals surface area (Å²) >= 11 is 0. The molecule has 0 saturated carbocycles. The molecule has 2 fully saturated rings. The molecule has 33 heavy (non-hydrogen) atoms. The van der Waals surface area contributed by atoms with E-state index in [4.69, 9.17) is 4.74 Å². The normalized spacial score (nSPS) is 26.0. The van der Waals surface area contributed by atoms with Crippen molar-refractivity contribution in [2.45, 2.75) is 38.3 Å². The van der Waals surface area contributed by atoms with Gasteiger partial charge in [0.1, 0.15) is 17.2 Å². The first kappa shape index (κ1) is 22.0. The van der Waals surface area contributed by atoms with E-state index in [0.29, 0.717) is 17.7 Å². The van der Waals surface area contributed by atoms with Crippen LogP contribution in [0.5, 0.6) is 17.2 Å². The van der Waals surface area contributed by atoms with Crippen LogP contribution in [0, 0.1) is 5.92 Å². The minimum absolute atomic E-state index is 0.0758. The zero-order valence-corrected chi connectivity index (χ0v) is 19.7. The molecular formula is C29H34N2O2. The average Bonchev–Trinajstić information content (AvgIpc) is 2.81. The predicted octanol–water partition coefficient (Wildman–Crippen LogP) is 5.67. The van der Waals surface area contributed by atoms with E-state index < -0.39 is 0 Å². The number of fused-ring (bicyclic) bond motifs is 1. The molecule has 1 N–H and O–H groups in total. The van der Waals surface area contributed by atoms with Gasteiger partial charge in [0.2, 0.25) is 0 Å². The number of para-hydroxylation sites is 1. The Kier molecular flexibility index (Phi) is 6.13. The van der Waals surface area contributed by atoms with Crippen molar-refractivity contribution in [1.82, 2.24) is 9.80 Å². The monoisotopic (exact) mass is 442 g/mol. The van der Waals surface area contributed by atoms with Gasteiger partial charge < -0.3 is 9.84 Å². The molecule has 0 amide bonds. The van der Waals surface area contributed by atoms with Gasteiger partial charge in [0.05, 0.1) is 0 Å². The van der Waals surface area contributed by atoms with Gasteiger partial charge in [-0.05, 0) is 65.3 Å². The molecule has 0 radical (unpaired) electrons. The molecule has 4 heteroatoms. The molecule has 0 spiro atoms. The SMILES string of the molecule is C[C@H]1CN2CCN(Cc3cccc(Oc4ccccc4)c3)C[C@H]2C[C@@]1(C)c1cccc(O)c1. The summed E-state index contributed by atoms with van der Waals surface area (Å²) < 4.78 is 6.04. The van der Waals surface area contributed by atoms with E-state index in [-0.39, 0.29) is 5.41 Å². The number of hydrogen-bond acceptors (Lipinski definition) is 4. The zero-order valence-electron chi connectivity index (χ0n) is 19.7. The Hall–Kier alpha value is -2.82.